The van der Waals surface area contributed by atoms with Crippen LogP contribution in [0.2, 0.25) is 0 Å². The summed E-state index contributed by atoms with van der Waals surface area (Å²) in [6, 6.07) is 9.42. The van der Waals surface area contributed by atoms with Gasteiger partial charge in [-0.3, -0.25) is 4.79 Å². The molecule has 7 heteroatoms. The highest BCUT2D eigenvalue weighted by Crippen LogP contribution is 2.25. The number of hydrogen-bond donors (Lipinski definition) is 1. The van der Waals surface area contributed by atoms with Crippen molar-refractivity contribution < 1.29 is 22.0 Å². The fraction of sp³-hybridized carbons (Fsp3) is 0.353. The van der Waals surface area contributed by atoms with E-state index in [0.29, 0.717) is 29.9 Å². The summed E-state index contributed by atoms with van der Waals surface area (Å²) in [4.78, 5) is 11.9. The zero-order chi connectivity index (χ0) is 17.2. The van der Waals surface area contributed by atoms with Crippen molar-refractivity contribution >= 4 is 15.7 Å². The van der Waals surface area contributed by atoms with E-state index in [2.05, 4.69) is 5.32 Å². The van der Waals surface area contributed by atoms with E-state index in [0.717, 1.165) is 0 Å². The van der Waals surface area contributed by atoms with Crippen molar-refractivity contribution in [3.05, 3.63) is 48.0 Å². The van der Waals surface area contributed by atoms with Crippen molar-refractivity contribution in [3.63, 3.8) is 0 Å². The molecule has 1 aliphatic heterocycles. The Balaban J connectivity index is 1.54. The fourth-order valence-electron chi connectivity index (χ4n) is 2.76. The average Bonchev–Trinajstić information content (AvgIpc) is 3.12. The van der Waals surface area contributed by atoms with Crippen molar-refractivity contribution in [2.24, 2.45) is 0 Å². The van der Waals surface area contributed by atoms with Gasteiger partial charge in [0.05, 0.1) is 17.1 Å². The summed E-state index contributed by atoms with van der Waals surface area (Å²) in [6.07, 6.45) is 1.03. The van der Waals surface area contributed by atoms with Gasteiger partial charge in [-0.05, 0) is 30.7 Å². The van der Waals surface area contributed by atoms with Crippen LogP contribution < -0.4 is 5.32 Å². The Bertz CT molecular complexity index is 844. The lowest BCUT2D eigenvalue weighted by atomic mass is 10.1. The molecule has 0 unspecified atom stereocenters. The molecule has 24 heavy (non-hydrogen) atoms. The van der Waals surface area contributed by atoms with Crippen LogP contribution in [0, 0.1) is 5.82 Å². The van der Waals surface area contributed by atoms with Crippen molar-refractivity contribution in [2.75, 3.05) is 11.5 Å². The number of nitrogens with one attached hydrogen (secondary N) is 1. The van der Waals surface area contributed by atoms with E-state index >= 15 is 0 Å². The van der Waals surface area contributed by atoms with Gasteiger partial charge in [-0.15, -0.1) is 0 Å². The molecular formula is C17H18FNO4S. The van der Waals surface area contributed by atoms with Crippen LogP contribution in [-0.4, -0.2) is 31.9 Å². The molecule has 3 rings (SSSR count). The van der Waals surface area contributed by atoms with Gasteiger partial charge in [0, 0.05) is 18.9 Å². The van der Waals surface area contributed by atoms with Crippen LogP contribution in [0.3, 0.4) is 0 Å². The van der Waals surface area contributed by atoms with E-state index in [1.54, 1.807) is 30.3 Å². The molecule has 0 aliphatic carbocycles. The highest BCUT2D eigenvalue weighted by atomic mass is 32.2. The smallest absolute Gasteiger partial charge is 0.220 e. The van der Waals surface area contributed by atoms with Gasteiger partial charge in [0.15, 0.2) is 9.84 Å². The van der Waals surface area contributed by atoms with Crippen LogP contribution in [0.15, 0.2) is 40.8 Å². The van der Waals surface area contributed by atoms with Crippen molar-refractivity contribution in [2.45, 2.75) is 25.3 Å². The Hall–Kier alpha value is -2.15. The molecule has 1 aromatic carbocycles. The monoisotopic (exact) mass is 351 g/mol. The van der Waals surface area contributed by atoms with Gasteiger partial charge in [0.2, 0.25) is 5.91 Å². The van der Waals surface area contributed by atoms with E-state index in [4.69, 9.17) is 4.42 Å². The maximum atomic E-state index is 13.7. The molecule has 128 valence electrons. The molecule has 1 saturated heterocycles. The van der Waals surface area contributed by atoms with Gasteiger partial charge in [0.1, 0.15) is 17.3 Å². The number of sulfone groups is 1. The van der Waals surface area contributed by atoms with Gasteiger partial charge in [-0.25, -0.2) is 12.8 Å². The predicted molar refractivity (Wildman–Crippen MR) is 87.6 cm³/mol. The number of furan rings is 1. The third-order valence-electron chi connectivity index (χ3n) is 4.00. The van der Waals surface area contributed by atoms with Crippen LogP contribution in [0.5, 0.6) is 0 Å². The summed E-state index contributed by atoms with van der Waals surface area (Å²) >= 11 is 0. The zero-order valence-corrected chi connectivity index (χ0v) is 13.8. The first kappa shape index (κ1) is 16.7. The van der Waals surface area contributed by atoms with Gasteiger partial charge < -0.3 is 9.73 Å². The maximum absolute atomic E-state index is 13.7. The second kappa shape index (κ2) is 6.76. The number of benzene rings is 1. The third-order valence-corrected chi connectivity index (χ3v) is 5.76. The largest absolute Gasteiger partial charge is 0.461 e. The predicted octanol–water partition coefficient (Wildman–Crippen LogP) is 2.32. The minimum absolute atomic E-state index is 0.0108. The van der Waals surface area contributed by atoms with Gasteiger partial charge in [0.25, 0.3) is 0 Å². The third kappa shape index (κ3) is 4.03. The van der Waals surface area contributed by atoms with E-state index in [9.17, 15) is 17.6 Å². The number of carbonyl (C=O) groups excluding carboxylic acids is 1. The summed E-state index contributed by atoms with van der Waals surface area (Å²) < 4.78 is 42.0. The van der Waals surface area contributed by atoms with Crippen LogP contribution in [0.25, 0.3) is 11.3 Å². The number of halogens is 1. The van der Waals surface area contributed by atoms with Gasteiger partial charge in [-0.1, -0.05) is 12.1 Å². The first-order valence-electron chi connectivity index (χ1n) is 7.76. The molecule has 1 amide bonds. The van der Waals surface area contributed by atoms with Crippen LogP contribution >= 0.6 is 0 Å². The minimum atomic E-state index is -3.01. The quantitative estimate of drug-likeness (QED) is 0.897. The van der Waals surface area contributed by atoms with Crippen LogP contribution in [-0.2, 0) is 21.1 Å². The molecule has 0 spiro atoms. The first-order valence-corrected chi connectivity index (χ1v) is 9.58. The van der Waals surface area contributed by atoms with Crippen molar-refractivity contribution in [1.82, 2.24) is 5.32 Å². The topological polar surface area (TPSA) is 76.4 Å². The standard InChI is InChI=1S/C17H18FNO4S/c18-15-4-2-1-3-14(15)16-7-5-13(23-16)6-8-17(20)19-12-9-10-24(21,22)11-12/h1-5,7,12H,6,8-11H2,(H,19,20)/t12-/m1/s1. The molecule has 1 fully saturated rings. The summed E-state index contributed by atoms with van der Waals surface area (Å²) in [7, 11) is -3.01. The molecule has 2 aromatic rings. The normalized spacial score (nSPS) is 19.3. The second-order valence-corrected chi connectivity index (χ2v) is 8.14. The molecule has 1 atom stereocenters. The Kier molecular flexibility index (Phi) is 4.71. The van der Waals surface area contributed by atoms with Crippen molar-refractivity contribution in [1.29, 1.82) is 0 Å². The van der Waals surface area contributed by atoms with E-state index in [-0.39, 0.29) is 35.7 Å². The summed E-state index contributed by atoms with van der Waals surface area (Å²) in [6.45, 7) is 0. The van der Waals surface area contributed by atoms with Gasteiger partial charge in [-0.2, -0.15) is 0 Å². The highest BCUT2D eigenvalue weighted by Gasteiger charge is 2.28. The molecule has 5 nitrogen and oxygen atoms in total. The fourth-order valence-corrected chi connectivity index (χ4v) is 4.44. The molecule has 0 saturated carbocycles. The lowest BCUT2D eigenvalue weighted by Crippen LogP contribution is -2.35. The van der Waals surface area contributed by atoms with Gasteiger partial charge >= 0.3 is 0 Å². The number of aryl methyl sites for hydroxylation is 1. The Morgan fingerprint density at radius 1 is 1.25 bits per heavy atom. The lowest BCUT2D eigenvalue weighted by molar-refractivity contribution is -0.121. The van der Waals surface area contributed by atoms with Crippen LogP contribution in [0.1, 0.15) is 18.6 Å². The molecular weight excluding hydrogens is 333 g/mol. The zero-order valence-electron chi connectivity index (χ0n) is 13.0. The molecule has 0 bridgehead atoms. The Labute approximate surface area is 139 Å². The Morgan fingerprint density at radius 3 is 2.75 bits per heavy atom. The first-order chi connectivity index (χ1) is 11.4. The number of carbonyl (C=O) groups is 1. The number of rotatable bonds is 5. The molecule has 2 heterocycles. The maximum Gasteiger partial charge on any atom is 0.220 e. The number of amides is 1. The summed E-state index contributed by atoms with van der Waals surface area (Å²) in [5, 5.41) is 2.73. The molecule has 0 radical (unpaired) electrons. The second-order valence-electron chi connectivity index (χ2n) is 5.91. The molecule has 1 aliphatic rings. The number of hydrogen-bond acceptors (Lipinski definition) is 4. The minimum Gasteiger partial charge on any atom is -0.461 e. The van der Waals surface area contributed by atoms with E-state index in [1.807, 2.05) is 0 Å². The Morgan fingerprint density at radius 2 is 2.04 bits per heavy atom. The average molecular weight is 351 g/mol. The highest BCUT2D eigenvalue weighted by molar-refractivity contribution is 7.91. The van der Waals surface area contributed by atoms with E-state index in [1.165, 1.54) is 6.07 Å². The lowest BCUT2D eigenvalue weighted by Gasteiger charge is -2.10. The van der Waals surface area contributed by atoms with Crippen molar-refractivity contribution in [3.8, 4) is 11.3 Å². The summed E-state index contributed by atoms with van der Waals surface area (Å²) in [5.74, 6) is 0.575. The van der Waals surface area contributed by atoms with E-state index < -0.39 is 9.84 Å². The van der Waals surface area contributed by atoms with Crippen LogP contribution in [0.4, 0.5) is 4.39 Å². The summed E-state index contributed by atoms with van der Waals surface area (Å²) in [5.41, 5.74) is 0.379. The molecule has 1 aromatic heterocycles. The molecule has 1 N–H and O–H groups in total. The SMILES string of the molecule is O=C(CCc1ccc(-c2ccccc2F)o1)N[C@@H]1CCS(=O)(=O)C1.